The van der Waals surface area contributed by atoms with E-state index in [1.165, 1.54) is 5.56 Å². The van der Waals surface area contributed by atoms with Gasteiger partial charge in [-0.05, 0) is 31.2 Å². The Morgan fingerprint density at radius 1 is 0.875 bits per heavy atom. The van der Waals surface area contributed by atoms with Crippen LogP contribution in [0.15, 0.2) is 67.3 Å². The predicted molar refractivity (Wildman–Crippen MR) is 95.0 cm³/mol. The first-order valence-corrected chi connectivity index (χ1v) is 7.65. The number of hydrogen-bond acceptors (Lipinski definition) is 5. The molecule has 1 N–H and O–H groups in total. The minimum Gasteiger partial charge on any atom is -0.340 e. The van der Waals surface area contributed by atoms with Crippen molar-refractivity contribution in [1.82, 2.24) is 19.9 Å². The van der Waals surface area contributed by atoms with E-state index in [0.29, 0.717) is 5.82 Å². The van der Waals surface area contributed by atoms with E-state index in [4.69, 9.17) is 4.98 Å². The molecule has 5 nitrogen and oxygen atoms in total. The number of aromatic nitrogens is 4. The lowest BCUT2D eigenvalue weighted by Crippen LogP contribution is -2.00. The maximum Gasteiger partial charge on any atom is 0.162 e. The van der Waals surface area contributed by atoms with E-state index in [1.54, 1.807) is 24.8 Å². The molecular formula is C19H15N5. The van der Waals surface area contributed by atoms with E-state index >= 15 is 0 Å². The third-order valence-corrected chi connectivity index (χ3v) is 3.72. The molecule has 0 radical (unpaired) electrons. The third kappa shape index (κ3) is 2.79. The SMILES string of the molecule is Cc1cccc(-c2nc(Nc3ccncc3)c3ccncc3n2)c1. The van der Waals surface area contributed by atoms with Crippen molar-refractivity contribution in [1.29, 1.82) is 0 Å². The van der Waals surface area contributed by atoms with Crippen LogP contribution in [0.1, 0.15) is 5.56 Å². The highest BCUT2D eigenvalue weighted by molar-refractivity contribution is 5.91. The predicted octanol–water partition coefficient (Wildman–Crippen LogP) is 4.14. The molecule has 0 saturated heterocycles. The molecule has 0 spiro atoms. The lowest BCUT2D eigenvalue weighted by Gasteiger charge is -2.11. The molecule has 116 valence electrons. The number of benzene rings is 1. The molecule has 0 unspecified atom stereocenters. The molecule has 0 aliphatic rings. The fourth-order valence-electron chi connectivity index (χ4n) is 2.56. The van der Waals surface area contributed by atoms with E-state index in [-0.39, 0.29) is 0 Å². The largest absolute Gasteiger partial charge is 0.340 e. The lowest BCUT2D eigenvalue weighted by atomic mass is 10.1. The maximum absolute atomic E-state index is 4.74. The average molecular weight is 313 g/mol. The van der Waals surface area contributed by atoms with Crippen molar-refractivity contribution in [3.05, 3.63) is 72.8 Å². The van der Waals surface area contributed by atoms with Gasteiger partial charge in [0.2, 0.25) is 0 Å². The maximum atomic E-state index is 4.74. The standard InChI is InChI=1S/C19H15N5/c1-13-3-2-4-14(11-13)18-23-17-12-21-10-7-16(17)19(24-18)22-15-5-8-20-9-6-15/h2-12H,1H3,(H,20,22,23,24). The Kier molecular flexibility index (Phi) is 3.59. The number of anilines is 2. The van der Waals surface area contributed by atoms with Crippen LogP contribution in [-0.4, -0.2) is 19.9 Å². The number of aryl methyl sites for hydroxylation is 1. The molecule has 0 bridgehead atoms. The Balaban J connectivity index is 1.88. The van der Waals surface area contributed by atoms with Crippen molar-refractivity contribution in [2.45, 2.75) is 6.92 Å². The summed E-state index contributed by atoms with van der Waals surface area (Å²) in [6.07, 6.45) is 6.99. The zero-order chi connectivity index (χ0) is 16.4. The molecule has 1 aromatic carbocycles. The van der Waals surface area contributed by atoms with E-state index in [1.807, 2.05) is 30.3 Å². The highest BCUT2D eigenvalue weighted by Gasteiger charge is 2.10. The lowest BCUT2D eigenvalue weighted by molar-refractivity contribution is 1.20. The summed E-state index contributed by atoms with van der Waals surface area (Å²) < 4.78 is 0. The first-order valence-electron chi connectivity index (χ1n) is 7.65. The van der Waals surface area contributed by atoms with Crippen LogP contribution in [0.2, 0.25) is 0 Å². The van der Waals surface area contributed by atoms with Crippen LogP contribution in [0.3, 0.4) is 0 Å². The summed E-state index contributed by atoms with van der Waals surface area (Å²) in [6.45, 7) is 2.06. The van der Waals surface area contributed by atoms with E-state index in [9.17, 15) is 0 Å². The van der Waals surface area contributed by atoms with Gasteiger partial charge in [-0.25, -0.2) is 9.97 Å². The third-order valence-electron chi connectivity index (χ3n) is 3.72. The van der Waals surface area contributed by atoms with Crippen molar-refractivity contribution < 1.29 is 0 Å². The van der Waals surface area contributed by atoms with Crippen LogP contribution >= 0.6 is 0 Å². The van der Waals surface area contributed by atoms with Crippen molar-refractivity contribution in [2.24, 2.45) is 0 Å². The molecule has 4 aromatic rings. The molecule has 4 rings (SSSR count). The van der Waals surface area contributed by atoms with E-state index < -0.39 is 0 Å². The molecule has 0 aliphatic carbocycles. The zero-order valence-electron chi connectivity index (χ0n) is 13.1. The minimum absolute atomic E-state index is 0.677. The van der Waals surface area contributed by atoms with Gasteiger partial charge in [0.25, 0.3) is 0 Å². The van der Waals surface area contributed by atoms with Crippen molar-refractivity contribution in [3.63, 3.8) is 0 Å². The number of fused-ring (bicyclic) bond motifs is 1. The number of rotatable bonds is 3. The molecule has 0 atom stereocenters. The van der Waals surface area contributed by atoms with Gasteiger partial charge in [-0.15, -0.1) is 0 Å². The molecule has 3 heterocycles. The Morgan fingerprint density at radius 3 is 2.54 bits per heavy atom. The Labute approximate surface area is 139 Å². The van der Waals surface area contributed by atoms with Crippen LogP contribution in [-0.2, 0) is 0 Å². The van der Waals surface area contributed by atoms with Gasteiger partial charge in [0, 0.05) is 35.2 Å². The van der Waals surface area contributed by atoms with Crippen LogP contribution in [0.5, 0.6) is 0 Å². The second-order valence-electron chi connectivity index (χ2n) is 5.52. The molecule has 24 heavy (non-hydrogen) atoms. The van der Waals surface area contributed by atoms with Crippen molar-refractivity contribution in [2.75, 3.05) is 5.32 Å². The average Bonchev–Trinajstić information content (AvgIpc) is 2.62. The molecule has 3 aromatic heterocycles. The van der Waals surface area contributed by atoms with Gasteiger partial charge in [-0.1, -0.05) is 23.8 Å². The number of nitrogens with one attached hydrogen (secondary N) is 1. The van der Waals surface area contributed by atoms with Crippen LogP contribution < -0.4 is 5.32 Å². The van der Waals surface area contributed by atoms with Gasteiger partial charge in [0.1, 0.15) is 5.82 Å². The monoisotopic (exact) mass is 313 g/mol. The topological polar surface area (TPSA) is 63.6 Å². The van der Waals surface area contributed by atoms with Crippen molar-refractivity contribution >= 4 is 22.4 Å². The highest BCUT2D eigenvalue weighted by Crippen LogP contribution is 2.26. The Hall–Kier alpha value is -3.34. The van der Waals surface area contributed by atoms with Gasteiger partial charge < -0.3 is 5.32 Å². The van der Waals surface area contributed by atoms with Crippen LogP contribution in [0.4, 0.5) is 11.5 Å². The second kappa shape index (κ2) is 6.04. The molecule has 5 heteroatoms. The fraction of sp³-hybridized carbons (Fsp3) is 0.0526. The van der Waals surface area contributed by atoms with Crippen LogP contribution in [0.25, 0.3) is 22.3 Å². The summed E-state index contributed by atoms with van der Waals surface area (Å²) in [5.41, 5.74) is 3.89. The molecule has 0 aliphatic heterocycles. The summed E-state index contributed by atoms with van der Waals surface area (Å²) in [7, 11) is 0. The summed E-state index contributed by atoms with van der Waals surface area (Å²) in [5, 5.41) is 4.28. The number of nitrogens with zero attached hydrogens (tertiary/aromatic N) is 4. The molecule has 0 fully saturated rings. The minimum atomic E-state index is 0.677. The van der Waals surface area contributed by atoms with Gasteiger partial charge >= 0.3 is 0 Å². The smallest absolute Gasteiger partial charge is 0.162 e. The van der Waals surface area contributed by atoms with Crippen LogP contribution in [0, 0.1) is 6.92 Å². The zero-order valence-corrected chi connectivity index (χ0v) is 13.1. The van der Waals surface area contributed by atoms with Crippen molar-refractivity contribution in [3.8, 4) is 11.4 Å². The Bertz CT molecular complexity index is 999. The van der Waals surface area contributed by atoms with E-state index in [2.05, 4.69) is 39.3 Å². The normalized spacial score (nSPS) is 10.7. The van der Waals surface area contributed by atoms with Gasteiger partial charge in [-0.3, -0.25) is 9.97 Å². The fourth-order valence-corrected chi connectivity index (χ4v) is 2.56. The number of hydrogen-bond donors (Lipinski definition) is 1. The quantitative estimate of drug-likeness (QED) is 0.616. The second-order valence-corrected chi connectivity index (χ2v) is 5.52. The van der Waals surface area contributed by atoms with Gasteiger partial charge in [-0.2, -0.15) is 0 Å². The van der Waals surface area contributed by atoms with Gasteiger partial charge in [0.05, 0.1) is 11.7 Å². The molecule has 0 saturated carbocycles. The molecular weight excluding hydrogens is 298 g/mol. The summed E-state index contributed by atoms with van der Waals surface area (Å²) in [5.74, 6) is 1.43. The first-order chi connectivity index (χ1) is 11.8. The Morgan fingerprint density at radius 2 is 1.71 bits per heavy atom. The molecule has 0 amide bonds. The first kappa shape index (κ1) is 14.3. The number of pyridine rings is 2. The summed E-state index contributed by atoms with van der Waals surface area (Å²) >= 11 is 0. The summed E-state index contributed by atoms with van der Waals surface area (Å²) in [4.78, 5) is 17.6. The summed E-state index contributed by atoms with van der Waals surface area (Å²) in [6, 6.07) is 13.9. The van der Waals surface area contributed by atoms with E-state index in [0.717, 1.165) is 28.0 Å². The highest BCUT2D eigenvalue weighted by atomic mass is 15.0. The van der Waals surface area contributed by atoms with Gasteiger partial charge in [0.15, 0.2) is 5.82 Å².